The molecule has 1 aromatic heterocycles. The lowest BCUT2D eigenvalue weighted by Gasteiger charge is -2.28. The van der Waals surface area contributed by atoms with Gasteiger partial charge in [0, 0.05) is 27.9 Å². The third-order valence-corrected chi connectivity index (χ3v) is 10.4. The van der Waals surface area contributed by atoms with Gasteiger partial charge < -0.3 is 4.90 Å². The molecule has 10 rings (SSSR count). The molecule has 1 aliphatic carbocycles. The summed E-state index contributed by atoms with van der Waals surface area (Å²) in [5.41, 5.74) is 11.3. The van der Waals surface area contributed by atoms with E-state index in [0.29, 0.717) is 0 Å². The van der Waals surface area contributed by atoms with Crippen molar-refractivity contribution in [2.24, 2.45) is 0 Å². The number of rotatable bonds is 4. The van der Waals surface area contributed by atoms with Gasteiger partial charge in [0.25, 0.3) is 0 Å². The lowest BCUT2D eigenvalue weighted by atomic mass is 9.82. The second kappa shape index (κ2) is 10.4. The summed E-state index contributed by atoms with van der Waals surface area (Å²) in [6, 6.07) is 56.8. The van der Waals surface area contributed by atoms with Gasteiger partial charge in [-0.05, 0) is 104 Å². The van der Waals surface area contributed by atoms with Crippen LogP contribution in [0.2, 0.25) is 0 Å². The van der Waals surface area contributed by atoms with Gasteiger partial charge in [-0.3, -0.25) is 0 Å². The molecule has 0 unspecified atom stereocenters. The molecule has 0 spiro atoms. The van der Waals surface area contributed by atoms with E-state index in [1.807, 2.05) is 30.3 Å². The van der Waals surface area contributed by atoms with Gasteiger partial charge in [0.15, 0.2) is 0 Å². The molecule has 49 heavy (non-hydrogen) atoms. The molecule has 0 aliphatic heterocycles. The number of para-hydroxylation sites is 1. The summed E-state index contributed by atoms with van der Waals surface area (Å²) >= 11 is 0. The normalized spacial score (nSPS) is 13.3. The third-order valence-electron chi connectivity index (χ3n) is 10.4. The molecular formula is C45H32N4. The molecule has 0 N–H and O–H groups in total. The minimum absolute atomic E-state index is 0.104. The first kappa shape index (κ1) is 27.8. The van der Waals surface area contributed by atoms with E-state index >= 15 is 0 Å². The maximum atomic E-state index is 5.05. The zero-order chi connectivity index (χ0) is 32.7. The van der Waals surface area contributed by atoms with Gasteiger partial charge in [-0.25, -0.2) is 0 Å². The van der Waals surface area contributed by atoms with Gasteiger partial charge in [0.1, 0.15) is 11.0 Å². The number of aromatic nitrogens is 3. The Labute approximate surface area is 284 Å². The van der Waals surface area contributed by atoms with Crippen molar-refractivity contribution >= 4 is 60.4 Å². The number of hydrogen-bond acceptors (Lipinski definition) is 3. The third kappa shape index (κ3) is 4.24. The van der Waals surface area contributed by atoms with E-state index in [1.165, 1.54) is 38.4 Å². The largest absolute Gasteiger partial charge is 0.310 e. The summed E-state index contributed by atoms with van der Waals surface area (Å²) in [5, 5.41) is 17.0. The topological polar surface area (TPSA) is 34.0 Å². The van der Waals surface area contributed by atoms with Crippen LogP contribution in [0.3, 0.4) is 0 Å². The van der Waals surface area contributed by atoms with E-state index in [0.717, 1.165) is 49.9 Å². The van der Waals surface area contributed by atoms with Gasteiger partial charge in [0.05, 0.1) is 5.69 Å². The quantitative estimate of drug-likeness (QED) is 0.182. The van der Waals surface area contributed by atoms with E-state index < -0.39 is 0 Å². The standard InChI is InChI=1S/C45H32N4/c1-45(2)40-15-9-8-14-37(40)38-24-23-36(28-41(38)45)48(34-21-18-29-10-6-7-11-32(29)26-34)35-22-19-30-16-17-31-20-25-42-44(43(31)39(30)27-35)47-49(46-42)33-12-4-3-5-13-33/h3-28H,1-2H3. The molecule has 0 bridgehead atoms. The highest BCUT2D eigenvalue weighted by atomic mass is 15.5. The van der Waals surface area contributed by atoms with Gasteiger partial charge in [-0.15, -0.1) is 10.2 Å². The van der Waals surface area contributed by atoms with Crippen LogP contribution in [0.4, 0.5) is 17.1 Å². The van der Waals surface area contributed by atoms with Crippen molar-refractivity contribution in [3.05, 3.63) is 169 Å². The van der Waals surface area contributed by atoms with Crippen LogP contribution in [0, 0.1) is 0 Å². The first-order valence-corrected chi connectivity index (χ1v) is 16.8. The van der Waals surface area contributed by atoms with Crippen molar-refractivity contribution in [1.82, 2.24) is 15.0 Å². The van der Waals surface area contributed by atoms with Crippen LogP contribution in [-0.4, -0.2) is 15.0 Å². The average Bonchev–Trinajstić information content (AvgIpc) is 3.69. The van der Waals surface area contributed by atoms with E-state index in [4.69, 9.17) is 10.2 Å². The highest BCUT2D eigenvalue weighted by molar-refractivity contribution is 6.19. The molecule has 4 heteroatoms. The Morgan fingerprint density at radius 3 is 2.00 bits per heavy atom. The number of anilines is 3. The van der Waals surface area contributed by atoms with E-state index in [9.17, 15) is 0 Å². The maximum absolute atomic E-state index is 5.05. The highest BCUT2D eigenvalue weighted by Crippen LogP contribution is 2.51. The van der Waals surface area contributed by atoms with Crippen LogP contribution in [-0.2, 0) is 5.41 Å². The summed E-state index contributed by atoms with van der Waals surface area (Å²) in [5.74, 6) is 0. The molecule has 9 aromatic rings. The summed E-state index contributed by atoms with van der Waals surface area (Å²) in [6.45, 7) is 4.69. The van der Waals surface area contributed by atoms with Crippen molar-refractivity contribution < 1.29 is 0 Å². The van der Waals surface area contributed by atoms with E-state index in [2.05, 4.69) is 146 Å². The van der Waals surface area contributed by atoms with E-state index in [-0.39, 0.29) is 5.41 Å². The van der Waals surface area contributed by atoms with Crippen LogP contribution >= 0.6 is 0 Å². The average molecular weight is 629 g/mol. The van der Waals surface area contributed by atoms with Crippen molar-refractivity contribution in [3.8, 4) is 16.8 Å². The van der Waals surface area contributed by atoms with Gasteiger partial charge in [-0.1, -0.05) is 117 Å². The Balaban J connectivity index is 1.21. The highest BCUT2D eigenvalue weighted by Gasteiger charge is 2.35. The Kier molecular flexibility index (Phi) is 5.89. The Morgan fingerprint density at radius 2 is 1.12 bits per heavy atom. The molecule has 0 saturated heterocycles. The molecule has 232 valence electrons. The van der Waals surface area contributed by atoms with Crippen molar-refractivity contribution in [1.29, 1.82) is 0 Å². The summed E-state index contributed by atoms with van der Waals surface area (Å²) < 4.78 is 0. The molecule has 4 nitrogen and oxygen atoms in total. The maximum Gasteiger partial charge on any atom is 0.122 e. The lowest BCUT2D eigenvalue weighted by molar-refractivity contribution is 0.660. The fourth-order valence-electron chi connectivity index (χ4n) is 7.91. The minimum Gasteiger partial charge on any atom is -0.310 e. The second-order valence-corrected chi connectivity index (χ2v) is 13.6. The van der Waals surface area contributed by atoms with E-state index in [1.54, 1.807) is 4.80 Å². The number of hydrogen-bond donors (Lipinski definition) is 0. The number of fused-ring (bicyclic) bond motifs is 9. The number of benzene rings is 8. The molecule has 8 aromatic carbocycles. The predicted octanol–water partition coefficient (Wildman–Crippen LogP) is 11.7. The minimum atomic E-state index is -0.104. The van der Waals surface area contributed by atoms with Gasteiger partial charge in [-0.2, -0.15) is 4.80 Å². The van der Waals surface area contributed by atoms with Crippen LogP contribution in [0.15, 0.2) is 158 Å². The van der Waals surface area contributed by atoms with Crippen LogP contribution in [0.1, 0.15) is 25.0 Å². The van der Waals surface area contributed by atoms with Crippen molar-refractivity contribution in [3.63, 3.8) is 0 Å². The molecule has 0 saturated carbocycles. The van der Waals surface area contributed by atoms with Crippen LogP contribution in [0.25, 0.3) is 60.2 Å². The monoisotopic (exact) mass is 628 g/mol. The zero-order valence-corrected chi connectivity index (χ0v) is 27.3. The molecule has 0 atom stereocenters. The molecule has 0 fully saturated rings. The van der Waals surface area contributed by atoms with Gasteiger partial charge in [0.2, 0.25) is 0 Å². The van der Waals surface area contributed by atoms with Crippen LogP contribution in [0.5, 0.6) is 0 Å². The van der Waals surface area contributed by atoms with Gasteiger partial charge >= 0.3 is 0 Å². The number of nitrogens with zero attached hydrogens (tertiary/aromatic N) is 4. The summed E-state index contributed by atoms with van der Waals surface area (Å²) in [6.07, 6.45) is 0. The fraction of sp³-hybridized carbons (Fsp3) is 0.0667. The van der Waals surface area contributed by atoms with Crippen molar-refractivity contribution in [2.45, 2.75) is 19.3 Å². The lowest BCUT2D eigenvalue weighted by Crippen LogP contribution is -2.16. The molecular weight excluding hydrogens is 597 g/mol. The zero-order valence-electron chi connectivity index (χ0n) is 27.3. The molecule has 1 heterocycles. The SMILES string of the molecule is CC1(C)c2ccccc2-c2ccc(N(c3ccc4ccccc4c3)c3ccc4ccc5ccc6nn(-c7ccccc7)nc6c5c4c3)cc21. The van der Waals surface area contributed by atoms with Crippen molar-refractivity contribution in [2.75, 3.05) is 4.90 Å². The van der Waals surface area contributed by atoms with Crippen LogP contribution < -0.4 is 4.90 Å². The molecule has 0 amide bonds. The summed E-state index contributed by atoms with van der Waals surface area (Å²) in [7, 11) is 0. The first-order chi connectivity index (χ1) is 24.0. The Hall–Kier alpha value is -6.26. The second-order valence-electron chi connectivity index (χ2n) is 13.6. The Morgan fingerprint density at radius 1 is 0.490 bits per heavy atom. The first-order valence-electron chi connectivity index (χ1n) is 16.8. The molecule has 1 aliphatic rings. The summed E-state index contributed by atoms with van der Waals surface area (Å²) in [4.78, 5) is 4.16. The smallest absolute Gasteiger partial charge is 0.122 e. The molecule has 0 radical (unpaired) electrons. The fourth-order valence-corrected chi connectivity index (χ4v) is 7.91. The predicted molar refractivity (Wildman–Crippen MR) is 204 cm³/mol. The Bertz CT molecular complexity index is 2760.